The van der Waals surface area contributed by atoms with Gasteiger partial charge in [0.05, 0.1) is 11.4 Å². The van der Waals surface area contributed by atoms with Crippen molar-refractivity contribution in [3.8, 4) is 11.5 Å². The number of nitrogens with zero attached hydrogens (tertiary/aromatic N) is 3. The zero-order valence-electron chi connectivity index (χ0n) is 17.0. The molecule has 0 aliphatic rings. The first-order valence-corrected chi connectivity index (χ1v) is 10.8. The number of aromatic hydroxyl groups is 1. The molecule has 0 spiro atoms. The predicted molar refractivity (Wildman–Crippen MR) is 118 cm³/mol. The maximum atomic E-state index is 12.3. The molecule has 2 N–H and O–H groups in total. The third kappa shape index (κ3) is 5.25. The van der Waals surface area contributed by atoms with Crippen LogP contribution in [0, 0.1) is 13.8 Å². The fourth-order valence-electron chi connectivity index (χ4n) is 2.94. The molecule has 7 nitrogen and oxygen atoms in total. The van der Waals surface area contributed by atoms with Crippen molar-refractivity contribution in [3.63, 3.8) is 0 Å². The maximum absolute atomic E-state index is 12.3. The van der Waals surface area contributed by atoms with E-state index in [1.54, 1.807) is 6.07 Å². The van der Waals surface area contributed by atoms with E-state index in [0.29, 0.717) is 22.5 Å². The van der Waals surface area contributed by atoms with E-state index in [1.165, 1.54) is 23.9 Å². The molecule has 30 heavy (non-hydrogen) atoms. The standard InChI is InChI=1S/C21H23ClN4O3S/c1-4-26-18(11-29-20-13(2)6-5-7-14(20)3)24-25-21(26)30-12-19(28)23-16-10-15(22)8-9-17(16)27/h5-10,27H,4,11-12H2,1-3H3,(H,23,28). The van der Waals surface area contributed by atoms with Crippen molar-refractivity contribution < 1.29 is 14.6 Å². The number of phenols is 1. The number of carbonyl (C=O) groups is 1. The molecule has 1 amide bonds. The highest BCUT2D eigenvalue weighted by atomic mass is 35.5. The first-order valence-electron chi connectivity index (χ1n) is 9.41. The Morgan fingerprint density at radius 2 is 1.97 bits per heavy atom. The van der Waals surface area contributed by atoms with Crippen molar-refractivity contribution in [2.75, 3.05) is 11.1 Å². The quantitative estimate of drug-likeness (QED) is 0.388. The molecule has 0 unspecified atom stereocenters. The number of halogens is 1. The first kappa shape index (κ1) is 22.0. The molecule has 2 aromatic carbocycles. The Morgan fingerprint density at radius 1 is 1.23 bits per heavy atom. The molecule has 0 atom stereocenters. The normalized spacial score (nSPS) is 10.8. The van der Waals surface area contributed by atoms with Crippen molar-refractivity contribution in [2.45, 2.75) is 39.1 Å². The van der Waals surface area contributed by atoms with Gasteiger partial charge in [-0.1, -0.05) is 41.6 Å². The second-order valence-electron chi connectivity index (χ2n) is 6.65. The summed E-state index contributed by atoms with van der Waals surface area (Å²) in [5.41, 5.74) is 2.40. The maximum Gasteiger partial charge on any atom is 0.234 e. The lowest BCUT2D eigenvalue weighted by atomic mass is 10.1. The molecule has 0 aliphatic carbocycles. The second-order valence-corrected chi connectivity index (χ2v) is 8.03. The monoisotopic (exact) mass is 446 g/mol. The van der Waals surface area contributed by atoms with Gasteiger partial charge >= 0.3 is 0 Å². The first-order chi connectivity index (χ1) is 14.4. The SMILES string of the molecule is CCn1c(COc2c(C)cccc2C)nnc1SCC(=O)Nc1cc(Cl)ccc1O. The number of hydrogen-bond donors (Lipinski definition) is 2. The van der Waals surface area contributed by atoms with Crippen LogP contribution in [0.3, 0.4) is 0 Å². The van der Waals surface area contributed by atoms with Crippen molar-refractivity contribution >= 4 is 35.0 Å². The summed E-state index contributed by atoms with van der Waals surface area (Å²) in [5.74, 6) is 1.33. The Kier molecular flexibility index (Phi) is 7.23. The number of aromatic nitrogens is 3. The number of nitrogens with one attached hydrogen (secondary N) is 1. The lowest BCUT2D eigenvalue weighted by Gasteiger charge is -2.12. The summed E-state index contributed by atoms with van der Waals surface area (Å²) in [7, 11) is 0. The summed E-state index contributed by atoms with van der Waals surface area (Å²) in [6.07, 6.45) is 0. The molecular formula is C21H23ClN4O3S. The van der Waals surface area contributed by atoms with Crippen LogP contribution < -0.4 is 10.1 Å². The van der Waals surface area contributed by atoms with Gasteiger partial charge in [0.15, 0.2) is 11.0 Å². The summed E-state index contributed by atoms with van der Waals surface area (Å²) in [6.45, 7) is 6.93. The van der Waals surface area contributed by atoms with Gasteiger partial charge in [-0.3, -0.25) is 4.79 Å². The van der Waals surface area contributed by atoms with E-state index in [4.69, 9.17) is 16.3 Å². The third-order valence-electron chi connectivity index (χ3n) is 4.43. The third-order valence-corrected chi connectivity index (χ3v) is 5.63. The smallest absolute Gasteiger partial charge is 0.234 e. The van der Waals surface area contributed by atoms with Crippen LogP contribution in [-0.4, -0.2) is 31.5 Å². The number of aryl methyl sites for hydroxylation is 2. The molecule has 0 bridgehead atoms. The van der Waals surface area contributed by atoms with Gasteiger partial charge in [-0.05, 0) is 50.1 Å². The van der Waals surface area contributed by atoms with Gasteiger partial charge in [-0.15, -0.1) is 10.2 Å². The van der Waals surface area contributed by atoms with Crippen molar-refractivity contribution in [1.82, 2.24) is 14.8 Å². The fraction of sp³-hybridized carbons (Fsp3) is 0.286. The van der Waals surface area contributed by atoms with Crippen LogP contribution in [0.25, 0.3) is 0 Å². The van der Waals surface area contributed by atoms with Gasteiger partial charge in [0.1, 0.15) is 18.1 Å². The highest BCUT2D eigenvalue weighted by Crippen LogP contribution is 2.27. The zero-order valence-corrected chi connectivity index (χ0v) is 18.5. The molecule has 0 radical (unpaired) electrons. The summed E-state index contributed by atoms with van der Waals surface area (Å²) >= 11 is 7.17. The van der Waals surface area contributed by atoms with E-state index in [-0.39, 0.29) is 29.7 Å². The average molecular weight is 447 g/mol. The van der Waals surface area contributed by atoms with E-state index in [1.807, 2.05) is 43.5 Å². The summed E-state index contributed by atoms with van der Waals surface area (Å²) in [4.78, 5) is 12.3. The second kappa shape index (κ2) is 9.86. The lowest BCUT2D eigenvalue weighted by Crippen LogP contribution is -2.15. The number of rotatable bonds is 8. The number of thioether (sulfide) groups is 1. The van der Waals surface area contributed by atoms with E-state index in [9.17, 15) is 9.90 Å². The largest absolute Gasteiger partial charge is 0.506 e. The molecule has 0 fully saturated rings. The number of ether oxygens (including phenoxy) is 1. The molecule has 0 saturated carbocycles. The molecule has 1 aromatic heterocycles. The molecule has 0 saturated heterocycles. The highest BCUT2D eigenvalue weighted by Gasteiger charge is 2.15. The van der Waals surface area contributed by atoms with Crippen LogP contribution in [0.4, 0.5) is 5.69 Å². The number of carbonyl (C=O) groups excluding carboxylic acids is 1. The van der Waals surface area contributed by atoms with Gasteiger partial charge in [-0.25, -0.2) is 0 Å². The van der Waals surface area contributed by atoms with Gasteiger partial charge in [0.25, 0.3) is 0 Å². The number of benzene rings is 2. The Labute approximate surface area is 184 Å². The molecule has 0 aliphatic heterocycles. The Bertz CT molecular complexity index is 1030. The topological polar surface area (TPSA) is 89.3 Å². The van der Waals surface area contributed by atoms with Gasteiger partial charge < -0.3 is 19.7 Å². The van der Waals surface area contributed by atoms with Gasteiger partial charge in [0, 0.05) is 11.6 Å². The molecule has 1 heterocycles. The Morgan fingerprint density at radius 3 is 2.67 bits per heavy atom. The van der Waals surface area contributed by atoms with Crippen LogP contribution in [0.5, 0.6) is 11.5 Å². The molecule has 9 heteroatoms. The number of amides is 1. The van der Waals surface area contributed by atoms with E-state index in [2.05, 4.69) is 15.5 Å². The highest BCUT2D eigenvalue weighted by molar-refractivity contribution is 7.99. The van der Waals surface area contributed by atoms with Crippen molar-refractivity contribution in [1.29, 1.82) is 0 Å². The summed E-state index contributed by atoms with van der Waals surface area (Å²) < 4.78 is 7.91. The summed E-state index contributed by atoms with van der Waals surface area (Å²) in [5, 5.41) is 22.0. The minimum atomic E-state index is -0.281. The Hall–Kier alpha value is -2.71. The molecule has 3 aromatic rings. The van der Waals surface area contributed by atoms with Crippen LogP contribution in [0.15, 0.2) is 41.6 Å². The number of hydrogen-bond acceptors (Lipinski definition) is 6. The van der Waals surface area contributed by atoms with Crippen LogP contribution in [0.2, 0.25) is 5.02 Å². The van der Waals surface area contributed by atoms with E-state index in [0.717, 1.165) is 16.9 Å². The van der Waals surface area contributed by atoms with Crippen LogP contribution in [-0.2, 0) is 17.9 Å². The Balaban J connectivity index is 1.62. The lowest BCUT2D eigenvalue weighted by molar-refractivity contribution is -0.113. The zero-order chi connectivity index (χ0) is 21.7. The molecular weight excluding hydrogens is 424 g/mol. The fourth-order valence-corrected chi connectivity index (χ4v) is 3.93. The van der Waals surface area contributed by atoms with Gasteiger partial charge in [0.2, 0.25) is 5.91 Å². The predicted octanol–water partition coefficient (Wildman–Crippen LogP) is 4.58. The minimum absolute atomic E-state index is 0.0413. The van der Waals surface area contributed by atoms with E-state index >= 15 is 0 Å². The molecule has 158 valence electrons. The average Bonchev–Trinajstić information content (AvgIpc) is 3.10. The van der Waals surface area contributed by atoms with Crippen LogP contribution >= 0.6 is 23.4 Å². The summed E-state index contributed by atoms with van der Waals surface area (Å²) in [6, 6.07) is 10.5. The molecule has 3 rings (SSSR count). The number of phenolic OH excluding ortho intramolecular Hbond substituents is 1. The number of para-hydroxylation sites is 1. The van der Waals surface area contributed by atoms with E-state index < -0.39 is 0 Å². The minimum Gasteiger partial charge on any atom is -0.506 e. The van der Waals surface area contributed by atoms with Gasteiger partial charge in [-0.2, -0.15) is 0 Å². The van der Waals surface area contributed by atoms with Crippen molar-refractivity contribution in [2.24, 2.45) is 0 Å². The number of anilines is 1. The van der Waals surface area contributed by atoms with Crippen LogP contribution in [0.1, 0.15) is 23.9 Å². The van der Waals surface area contributed by atoms with Crippen molar-refractivity contribution in [3.05, 3.63) is 58.4 Å².